The minimum atomic E-state index is -1.64. The van der Waals surface area contributed by atoms with Crippen molar-refractivity contribution in [3.05, 3.63) is 35.3 Å². The second-order valence-corrected chi connectivity index (χ2v) is 6.19. The second-order valence-electron chi connectivity index (χ2n) is 6.19. The summed E-state index contributed by atoms with van der Waals surface area (Å²) in [5, 5.41) is 4.15. The molecular weight excluding hydrogens is 396 g/mol. The van der Waals surface area contributed by atoms with Crippen LogP contribution in [0.2, 0.25) is 0 Å². The van der Waals surface area contributed by atoms with Gasteiger partial charge in [-0.25, -0.2) is 27.3 Å². The molecule has 1 unspecified atom stereocenters. The van der Waals surface area contributed by atoms with Gasteiger partial charge in [0.1, 0.15) is 25.1 Å². The van der Waals surface area contributed by atoms with Gasteiger partial charge in [-0.05, 0) is 37.0 Å². The number of halogens is 4. The lowest BCUT2D eigenvalue weighted by Gasteiger charge is -2.22. The fourth-order valence-electron chi connectivity index (χ4n) is 3.09. The lowest BCUT2D eigenvalue weighted by molar-refractivity contribution is 0.0123. The molecule has 0 radical (unpaired) electrons. The van der Waals surface area contributed by atoms with E-state index in [2.05, 4.69) is 10.1 Å². The van der Waals surface area contributed by atoms with Crippen LogP contribution in [0.25, 0.3) is 11.1 Å². The van der Waals surface area contributed by atoms with Crippen molar-refractivity contribution in [2.24, 2.45) is 10.7 Å². The fourth-order valence-corrected chi connectivity index (χ4v) is 3.09. The zero-order chi connectivity index (χ0) is 21.0. The quantitative estimate of drug-likeness (QED) is 0.348. The molecule has 29 heavy (non-hydrogen) atoms. The second kappa shape index (κ2) is 9.03. The van der Waals surface area contributed by atoms with E-state index in [1.165, 1.54) is 0 Å². The average molecular weight is 414 g/mol. The summed E-state index contributed by atoms with van der Waals surface area (Å²) in [4.78, 5) is 16.2. The summed E-state index contributed by atoms with van der Waals surface area (Å²) in [5.41, 5.74) is 5.44. The number of carbonyl (C=O) groups is 1. The zero-order valence-corrected chi connectivity index (χ0v) is 15.2. The molecule has 2 aromatic rings. The molecule has 7 nitrogen and oxygen atoms in total. The highest BCUT2D eigenvalue weighted by Gasteiger charge is 2.31. The first-order valence-electron chi connectivity index (χ1n) is 8.84. The lowest BCUT2D eigenvalue weighted by atomic mass is 9.98. The van der Waals surface area contributed by atoms with E-state index in [4.69, 9.17) is 15.2 Å². The van der Waals surface area contributed by atoms with E-state index in [-0.39, 0.29) is 22.6 Å². The van der Waals surface area contributed by atoms with Crippen molar-refractivity contribution < 1.29 is 31.8 Å². The number of carbonyl (C=O) groups excluding carboxylic acids is 1. The topological polar surface area (TPSA) is 91.7 Å². The molecule has 1 fully saturated rings. The van der Waals surface area contributed by atoms with Gasteiger partial charge in [-0.3, -0.25) is 0 Å². The standard InChI is InChI=1S/C18H18F4N4O3/c19-4-6-29-18(27)26-17(24-9-23)14(10-7-11(20)15(22)12(21)8-10)16(25-26)13-3-1-2-5-28-13/h7-9,13H,1-6H2,(H2,23,24). The first-order valence-corrected chi connectivity index (χ1v) is 8.84. The number of nitrogens with zero attached hydrogens (tertiary/aromatic N) is 3. The van der Waals surface area contributed by atoms with E-state index in [1.807, 2.05) is 0 Å². The lowest BCUT2D eigenvalue weighted by Crippen LogP contribution is -2.18. The van der Waals surface area contributed by atoms with Gasteiger partial charge >= 0.3 is 6.09 Å². The Morgan fingerprint density at radius 3 is 2.66 bits per heavy atom. The Morgan fingerprint density at radius 1 is 1.34 bits per heavy atom. The summed E-state index contributed by atoms with van der Waals surface area (Å²) in [6.45, 7) is -1.01. The molecular formula is C18H18F4N4O3. The monoisotopic (exact) mass is 414 g/mol. The van der Waals surface area contributed by atoms with E-state index in [1.54, 1.807) is 0 Å². The van der Waals surface area contributed by atoms with Crippen molar-refractivity contribution in [2.45, 2.75) is 25.4 Å². The number of ether oxygens (including phenoxy) is 2. The van der Waals surface area contributed by atoms with E-state index in [0.717, 1.165) is 31.3 Å². The van der Waals surface area contributed by atoms with Crippen molar-refractivity contribution in [1.29, 1.82) is 0 Å². The first kappa shape index (κ1) is 20.8. The molecule has 0 aliphatic carbocycles. The Hall–Kier alpha value is -2.95. The Morgan fingerprint density at radius 2 is 2.07 bits per heavy atom. The normalized spacial score (nSPS) is 17.0. The van der Waals surface area contributed by atoms with Gasteiger partial charge in [0.05, 0.1) is 11.9 Å². The van der Waals surface area contributed by atoms with Crippen LogP contribution in [0.1, 0.15) is 31.1 Å². The summed E-state index contributed by atoms with van der Waals surface area (Å²) in [6.07, 6.45) is 1.33. The highest BCUT2D eigenvalue weighted by molar-refractivity contribution is 5.85. The number of nitrogens with two attached hydrogens (primary N) is 1. The van der Waals surface area contributed by atoms with Crippen LogP contribution >= 0.6 is 0 Å². The third kappa shape index (κ3) is 4.24. The van der Waals surface area contributed by atoms with Crippen molar-refractivity contribution in [3.63, 3.8) is 0 Å². The molecule has 1 aliphatic heterocycles. The number of hydrogen-bond acceptors (Lipinski definition) is 5. The molecule has 156 valence electrons. The predicted molar refractivity (Wildman–Crippen MR) is 95.1 cm³/mol. The van der Waals surface area contributed by atoms with Crippen LogP contribution in [0.4, 0.5) is 28.2 Å². The molecule has 0 saturated carbocycles. The maximum absolute atomic E-state index is 13.9. The number of rotatable bonds is 5. The smallest absolute Gasteiger partial charge is 0.436 e. The van der Waals surface area contributed by atoms with E-state index in [9.17, 15) is 22.4 Å². The van der Waals surface area contributed by atoms with Gasteiger partial charge in [0.25, 0.3) is 0 Å². The van der Waals surface area contributed by atoms with E-state index < -0.39 is 42.9 Å². The molecule has 1 saturated heterocycles. The Labute approximate surface area is 163 Å². The maximum Gasteiger partial charge on any atom is 0.436 e. The Bertz CT molecular complexity index is 903. The highest BCUT2D eigenvalue weighted by atomic mass is 19.2. The zero-order valence-electron chi connectivity index (χ0n) is 15.2. The van der Waals surface area contributed by atoms with Gasteiger partial charge < -0.3 is 15.2 Å². The molecule has 2 heterocycles. The molecule has 0 spiro atoms. The van der Waals surface area contributed by atoms with Gasteiger partial charge in [-0.1, -0.05) is 0 Å². The Balaban J connectivity index is 2.22. The molecule has 0 amide bonds. The van der Waals surface area contributed by atoms with Crippen molar-refractivity contribution in [2.75, 3.05) is 19.9 Å². The molecule has 1 aromatic heterocycles. The molecule has 1 atom stereocenters. The van der Waals surface area contributed by atoms with Crippen LogP contribution in [0.5, 0.6) is 0 Å². The fraction of sp³-hybridized carbons (Fsp3) is 0.389. The minimum Gasteiger partial charge on any atom is -0.445 e. The maximum atomic E-state index is 13.9. The van der Waals surface area contributed by atoms with Gasteiger partial charge in [-0.2, -0.15) is 5.10 Å². The van der Waals surface area contributed by atoms with Gasteiger partial charge in [0.15, 0.2) is 23.3 Å². The predicted octanol–water partition coefficient (Wildman–Crippen LogP) is 3.78. The van der Waals surface area contributed by atoms with Crippen molar-refractivity contribution >= 4 is 18.2 Å². The average Bonchev–Trinajstić information content (AvgIpc) is 3.10. The molecule has 3 rings (SSSR count). The third-order valence-corrected chi connectivity index (χ3v) is 4.32. The number of benzene rings is 1. The van der Waals surface area contributed by atoms with Crippen molar-refractivity contribution in [1.82, 2.24) is 9.78 Å². The van der Waals surface area contributed by atoms with Crippen molar-refractivity contribution in [3.8, 4) is 11.1 Å². The van der Waals surface area contributed by atoms with Gasteiger partial charge in [-0.15, -0.1) is 4.68 Å². The first-order chi connectivity index (χ1) is 14.0. The summed E-state index contributed by atoms with van der Waals surface area (Å²) >= 11 is 0. The molecule has 1 aromatic carbocycles. The van der Waals surface area contributed by atoms with Crippen LogP contribution in [0.3, 0.4) is 0 Å². The number of aliphatic imine (C=N–C) groups is 1. The summed E-state index contributed by atoms with van der Waals surface area (Å²) in [6, 6.07) is 1.52. The van der Waals surface area contributed by atoms with Gasteiger partial charge in [0, 0.05) is 6.61 Å². The summed E-state index contributed by atoms with van der Waals surface area (Å²) in [5.74, 6) is -4.69. The molecule has 11 heteroatoms. The van der Waals surface area contributed by atoms with Crippen LogP contribution in [-0.2, 0) is 9.47 Å². The SMILES string of the molecule is N/C=N\c1c(-c2cc(F)c(F)c(F)c2)c(C2CCCCO2)nn1C(=O)OCCF. The number of aromatic nitrogens is 2. The van der Waals surface area contributed by atoms with Crippen LogP contribution in [-0.4, -0.2) is 42.1 Å². The summed E-state index contributed by atoms with van der Waals surface area (Å²) < 4.78 is 64.7. The third-order valence-electron chi connectivity index (χ3n) is 4.32. The number of alkyl halides is 1. The van der Waals surface area contributed by atoms with Crippen LogP contribution < -0.4 is 5.73 Å². The summed E-state index contributed by atoms with van der Waals surface area (Å²) in [7, 11) is 0. The highest BCUT2D eigenvalue weighted by Crippen LogP contribution is 2.41. The molecule has 1 aliphatic rings. The van der Waals surface area contributed by atoms with Crippen LogP contribution in [0.15, 0.2) is 17.1 Å². The minimum absolute atomic E-state index is 0.0357. The van der Waals surface area contributed by atoms with Crippen LogP contribution in [0, 0.1) is 17.5 Å². The Kier molecular flexibility index (Phi) is 6.47. The van der Waals surface area contributed by atoms with Gasteiger partial charge in [0.2, 0.25) is 0 Å². The molecule has 2 N–H and O–H groups in total. The number of hydrogen-bond donors (Lipinski definition) is 1. The van der Waals surface area contributed by atoms with E-state index in [0.29, 0.717) is 17.7 Å². The largest absolute Gasteiger partial charge is 0.445 e. The van der Waals surface area contributed by atoms with E-state index >= 15 is 0 Å². The molecule has 0 bridgehead atoms.